The van der Waals surface area contributed by atoms with E-state index in [-0.39, 0.29) is 5.91 Å². The van der Waals surface area contributed by atoms with Gasteiger partial charge in [-0.2, -0.15) is 0 Å². The molecular weight excluding hydrogens is 278 g/mol. The molecule has 0 aromatic heterocycles. The number of amides is 1. The van der Waals surface area contributed by atoms with Crippen LogP contribution in [0, 0.1) is 0 Å². The van der Waals surface area contributed by atoms with Gasteiger partial charge in [-0.15, -0.1) is 0 Å². The van der Waals surface area contributed by atoms with Crippen LogP contribution in [0.3, 0.4) is 0 Å². The van der Waals surface area contributed by atoms with Gasteiger partial charge in [0.1, 0.15) is 5.75 Å². The summed E-state index contributed by atoms with van der Waals surface area (Å²) in [6.07, 6.45) is 7.23. The van der Waals surface area contributed by atoms with Gasteiger partial charge < -0.3 is 15.2 Å². The van der Waals surface area contributed by atoms with E-state index >= 15 is 0 Å². The predicted molar refractivity (Wildman–Crippen MR) is 87.0 cm³/mol. The summed E-state index contributed by atoms with van der Waals surface area (Å²) in [7, 11) is 1.64. The molecule has 0 radical (unpaired) electrons. The summed E-state index contributed by atoms with van der Waals surface area (Å²) in [6, 6.07) is 7.76. The lowest BCUT2D eigenvalue weighted by atomic mass is 9.94. The maximum absolute atomic E-state index is 12.0. The second-order valence-electron chi connectivity index (χ2n) is 6.26. The fourth-order valence-electron chi connectivity index (χ4n) is 2.97. The van der Waals surface area contributed by atoms with E-state index in [9.17, 15) is 9.90 Å². The molecule has 1 aromatic carbocycles. The zero-order valence-corrected chi connectivity index (χ0v) is 13.4. The Labute approximate surface area is 132 Å². The third-order valence-corrected chi connectivity index (χ3v) is 4.45. The van der Waals surface area contributed by atoms with Crippen LogP contribution in [0.5, 0.6) is 5.75 Å². The van der Waals surface area contributed by atoms with Crippen molar-refractivity contribution < 1.29 is 14.6 Å². The average Bonchev–Trinajstić information content (AvgIpc) is 2.76. The van der Waals surface area contributed by atoms with Crippen LogP contribution in [0.25, 0.3) is 0 Å². The summed E-state index contributed by atoms with van der Waals surface area (Å²) in [6.45, 7) is 0.383. The highest BCUT2D eigenvalue weighted by Crippen LogP contribution is 2.26. The summed E-state index contributed by atoms with van der Waals surface area (Å²) in [5.74, 6) is 0.831. The van der Waals surface area contributed by atoms with E-state index in [4.69, 9.17) is 4.74 Å². The molecule has 0 unspecified atom stereocenters. The summed E-state index contributed by atoms with van der Waals surface area (Å²) in [5, 5.41) is 13.4. The van der Waals surface area contributed by atoms with Crippen LogP contribution in [0.1, 0.15) is 50.5 Å². The minimum absolute atomic E-state index is 0.00786. The Kier molecular flexibility index (Phi) is 6.25. The molecule has 2 rings (SSSR count). The molecule has 0 atom stereocenters. The monoisotopic (exact) mass is 305 g/mol. The van der Waals surface area contributed by atoms with E-state index in [2.05, 4.69) is 5.32 Å². The number of aryl methyl sites for hydroxylation is 1. The number of hydrogen-bond donors (Lipinski definition) is 2. The zero-order chi connectivity index (χ0) is 15.8. The van der Waals surface area contributed by atoms with Crippen LogP contribution in [-0.4, -0.2) is 30.3 Å². The number of benzene rings is 1. The third-order valence-electron chi connectivity index (χ3n) is 4.45. The molecule has 0 heterocycles. The second kappa shape index (κ2) is 8.18. The van der Waals surface area contributed by atoms with Crippen molar-refractivity contribution >= 4 is 5.91 Å². The minimum atomic E-state index is -0.702. The first-order valence-electron chi connectivity index (χ1n) is 8.23. The van der Waals surface area contributed by atoms with Crippen molar-refractivity contribution in [3.8, 4) is 5.75 Å². The van der Waals surface area contributed by atoms with Crippen molar-refractivity contribution in [3.05, 3.63) is 29.8 Å². The van der Waals surface area contributed by atoms with Gasteiger partial charge in [0.15, 0.2) is 0 Å². The van der Waals surface area contributed by atoms with Crippen molar-refractivity contribution in [2.24, 2.45) is 0 Å². The van der Waals surface area contributed by atoms with Crippen LogP contribution < -0.4 is 10.1 Å². The first kappa shape index (κ1) is 16.8. The van der Waals surface area contributed by atoms with Crippen molar-refractivity contribution in [3.63, 3.8) is 0 Å². The Hall–Kier alpha value is -1.55. The molecule has 1 aliphatic carbocycles. The van der Waals surface area contributed by atoms with E-state index < -0.39 is 5.60 Å². The van der Waals surface area contributed by atoms with Gasteiger partial charge in [0, 0.05) is 13.0 Å². The molecular formula is C18H27NO3. The van der Waals surface area contributed by atoms with Crippen LogP contribution >= 0.6 is 0 Å². The second-order valence-corrected chi connectivity index (χ2v) is 6.26. The van der Waals surface area contributed by atoms with Crippen molar-refractivity contribution in [2.45, 2.75) is 57.0 Å². The number of hydrogen-bond acceptors (Lipinski definition) is 3. The topological polar surface area (TPSA) is 58.6 Å². The van der Waals surface area contributed by atoms with Crippen LogP contribution in [-0.2, 0) is 11.2 Å². The highest BCUT2D eigenvalue weighted by Gasteiger charge is 2.28. The maximum Gasteiger partial charge on any atom is 0.220 e. The number of carbonyl (C=O) groups excluding carboxylic acids is 1. The van der Waals surface area contributed by atoms with Gasteiger partial charge in [-0.1, -0.05) is 37.8 Å². The molecule has 0 saturated heterocycles. The van der Waals surface area contributed by atoms with Crippen molar-refractivity contribution in [2.75, 3.05) is 13.7 Å². The summed E-state index contributed by atoms with van der Waals surface area (Å²) in [4.78, 5) is 12.0. The average molecular weight is 305 g/mol. The molecule has 0 spiro atoms. The number of carbonyl (C=O) groups is 1. The smallest absolute Gasteiger partial charge is 0.220 e. The van der Waals surface area contributed by atoms with Crippen molar-refractivity contribution in [1.82, 2.24) is 5.32 Å². The molecule has 122 valence electrons. The number of methoxy groups -OCH3 is 1. The van der Waals surface area contributed by atoms with E-state index in [0.717, 1.165) is 37.0 Å². The molecule has 22 heavy (non-hydrogen) atoms. The lowest BCUT2D eigenvalue weighted by Gasteiger charge is -2.26. The predicted octanol–water partition coefficient (Wildman–Crippen LogP) is 2.83. The van der Waals surface area contributed by atoms with Gasteiger partial charge >= 0.3 is 0 Å². The van der Waals surface area contributed by atoms with Crippen molar-refractivity contribution in [1.29, 1.82) is 0 Å². The highest BCUT2D eigenvalue weighted by molar-refractivity contribution is 5.76. The first-order valence-corrected chi connectivity index (χ1v) is 8.23. The third kappa shape index (κ3) is 5.34. The first-order chi connectivity index (χ1) is 10.6. The lowest BCUT2D eigenvalue weighted by Crippen LogP contribution is -2.42. The Balaban J connectivity index is 1.72. The normalized spacial score (nSPS) is 17.5. The number of nitrogens with one attached hydrogen (secondary N) is 1. The standard InChI is InChI=1S/C18H27NO3/c1-22-16-9-6-15(7-10-16)8-11-17(20)19-14-18(21)12-4-2-3-5-13-18/h6-7,9-10,21H,2-5,8,11-14H2,1H3,(H,19,20). The maximum atomic E-state index is 12.0. The molecule has 2 N–H and O–H groups in total. The molecule has 1 aliphatic rings. The van der Waals surface area contributed by atoms with E-state index in [1.165, 1.54) is 12.8 Å². The number of aliphatic hydroxyl groups is 1. The summed E-state index contributed by atoms with van der Waals surface area (Å²) < 4.78 is 5.11. The molecule has 0 aliphatic heterocycles. The number of rotatable bonds is 6. The molecule has 1 saturated carbocycles. The van der Waals surface area contributed by atoms with Crippen LogP contribution in [0.15, 0.2) is 24.3 Å². The van der Waals surface area contributed by atoms with Gasteiger partial charge in [0.25, 0.3) is 0 Å². The van der Waals surface area contributed by atoms with Gasteiger partial charge in [-0.05, 0) is 37.0 Å². The van der Waals surface area contributed by atoms with E-state index in [1.54, 1.807) is 7.11 Å². The Morgan fingerprint density at radius 3 is 2.41 bits per heavy atom. The molecule has 4 nitrogen and oxygen atoms in total. The SMILES string of the molecule is COc1ccc(CCC(=O)NCC2(O)CCCCCC2)cc1. The van der Waals surface area contributed by atoms with Gasteiger partial charge in [-0.3, -0.25) is 4.79 Å². The van der Waals surface area contributed by atoms with Crippen LogP contribution in [0.4, 0.5) is 0 Å². The summed E-state index contributed by atoms with van der Waals surface area (Å²) >= 11 is 0. The molecule has 0 bridgehead atoms. The minimum Gasteiger partial charge on any atom is -0.497 e. The van der Waals surface area contributed by atoms with Gasteiger partial charge in [-0.25, -0.2) is 0 Å². The van der Waals surface area contributed by atoms with E-state index in [0.29, 0.717) is 19.4 Å². The Morgan fingerprint density at radius 2 is 1.82 bits per heavy atom. The summed E-state index contributed by atoms with van der Waals surface area (Å²) in [5.41, 5.74) is 0.413. The lowest BCUT2D eigenvalue weighted by molar-refractivity contribution is -0.122. The largest absolute Gasteiger partial charge is 0.497 e. The van der Waals surface area contributed by atoms with Crippen LogP contribution in [0.2, 0.25) is 0 Å². The number of ether oxygens (including phenoxy) is 1. The molecule has 1 fully saturated rings. The highest BCUT2D eigenvalue weighted by atomic mass is 16.5. The molecule has 1 aromatic rings. The zero-order valence-electron chi connectivity index (χ0n) is 13.4. The Bertz CT molecular complexity index is 462. The quantitative estimate of drug-likeness (QED) is 0.795. The van der Waals surface area contributed by atoms with Gasteiger partial charge in [0.2, 0.25) is 5.91 Å². The molecule has 4 heteroatoms. The molecule has 1 amide bonds. The fourth-order valence-corrected chi connectivity index (χ4v) is 2.97. The van der Waals surface area contributed by atoms with E-state index in [1.807, 2.05) is 24.3 Å². The van der Waals surface area contributed by atoms with Gasteiger partial charge in [0.05, 0.1) is 12.7 Å². The fraction of sp³-hybridized carbons (Fsp3) is 0.611. The Morgan fingerprint density at radius 1 is 1.18 bits per heavy atom.